The average molecular weight is 717 g/mol. The van der Waals surface area contributed by atoms with E-state index in [1.54, 1.807) is 13.1 Å². The number of hydrogen-bond donors (Lipinski definition) is 4. The number of aryl methyl sites for hydroxylation is 1. The van der Waals surface area contributed by atoms with Gasteiger partial charge in [0.15, 0.2) is 6.29 Å². The predicted molar refractivity (Wildman–Crippen MR) is 208 cm³/mol. The number of carbonyl (C=O) groups excluding carboxylic acids is 2. The maximum atomic E-state index is 10.6. The SMILES string of the molecule is CN1CC(c2ccccc2)(c2cc(CCCOCCC=O)ccc2O)C1.CNc1c(O)ccc(CCNCCN(C)CC2CCCC2)c1OCC=O. The highest BCUT2D eigenvalue weighted by Gasteiger charge is 2.45. The van der Waals surface area contributed by atoms with Gasteiger partial charge in [-0.25, -0.2) is 0 Å². The molecule has 3 aromatic rings. The number of rotatable bonds is 21. The number of likely N-dealkylation sites (N-methyl/N-ethyl adjacent to an activating group) is 2. The topological polar surface area (TPSA) is 124 Å². The van der Waals surface area contributed by atoms with Crippen LogP contribution in [0.15, 0.2) is 60.7 Å². The van der Waals surface area contributed by atoms with Crippen LogP contribution in [0, 0.1) is 5.92 Å². The summed E-state index contributed by atoms with van der Waals surface area (Å²) in [5.74, 6) is 1.93. The molecule has 10 nitrogen and oxygen atoms in total. The largest absolute Gasteiger partial charge is 0.508 e. The van der Waals surface area contributed by atoms with E-state index in [0.29, 0.717) is 43.1 Å². The Morgan fingerprint density at radius 3 is 2.38 bits per heavy atom. The Hall–Kier alpha value is -3.96. The van der Waals surface area contributed by atoms with Crippen molar-refractivity contribution in [2.45, 2.75) is 56.8 Å². The molecule has 52 heavy (non-hydrogen) atoms. The Morgan fingerprint density at radius 1 is 0.942 bits per heavy atom. The van der Waals surface area contributed by atoms with Crippen molar-refractivity contribution in [2.75, 3.05) is 85.5 Å². The lowest BCUT2D eigenvalue weighted by atomic mass is 9.68. The number of likely N-dealkylation sites (tertiary alicyclic amines) is 1. The second-order valence-electron chi connectivity index (χ2n) is 14.2. The van der Waals surface area contributed by atoms with E-state index in [9.17, 15) is 19.8 Å². The Balaban J connectivity index is 0.000000233. The number of nitrogens with zero attached hydrogens (tertiary/aromatic N) is 2. The van der Waals surface area contributed by atoms with Crippen molar-refractivity contribution < 1.29 is 29.3 Å². The van der Waals surface area contributed by atoms with Gasteiger partial charge < -0.3 is 44.9 Å². The summed E-state index contributed by atoms with van der Waals surface area (Å²) in [6.07, 6.45) is 10.2. The zero-order chi connectivity index (χ0) is 37.2. The number of phenols is 2. The number of phenolic OH excluding ortho intramolecular Hbond substituents is 2. The van der Waals surface area contributed by atoms with E-state index in [1.807, 2.05) is 24.3 Å². The monoisotopic (exact) mass is 716 g/mol. The van der Waals surface area contributed by atoms with Crippen LogP contribution >= 0.6 is 0 Å². The molecule has 2 fully saturated rings. The van der Waals surface area contributed by atoms with Crippen molar-refractivity contribution >= 4 is 18.3 Å². The minimum atomic E-state index is -0.142. The van der Waals surface area contributed by atoms with E-state index in [0.717, 1.165) is 75.3 Å². The number of aromatic hydroxyl groups is 2. The molecule has 1 aliphatic heterocycles. The van der Waals surface area contributed by atoms with Gasteiger partial charge in [0.2, 0.25) is 0 Å². The molecule has 0 atom stereocenters. The molecule has 5 rings (SSSR count). The lowest BCUT2D eigenvalue weighted by Crippen LogP contribution is -2.58. The predicted octanol–water partition coefficient (Wildman–Crippen LogP) is 5.43. The van der Waals surface area contributed by atoms with Gasteiger partial charge in [-0.2, -0.15) is 0 Å². The van der Waals surface area contributed by atoms with Crippen molar-refractivity contribution in [2.24, 2.45) is 5.92 Å². The highest BCUT2D eigenvalue weighted by molar-refractivity contribution is 5.69. The highest BCUT2D eigenvalue weighted by Crippen LogP contribution is 2.44. The van der Waals surface area contributed by atoms with Crippen molar-refractivity contribution in [3.8, 4) is 17.2 Å². The first kappa shape index (κ1) is 40.8. The number of anilines is 1. The molecule has 0 spiro atoms. The fraction of sp³-hybridized carbons (Fsp3) is 0.524. The maximum absolute atomic E-state index is 10.6. The molecule has 3 aromatic carbocycles. The third-order valence-electron chi connectivity index (χ3n) is 10.2. The molecule has 4 N–H and O–H groups in total. The molecule has 1 saturated heterocycles. The molecule has 0 unspecified atom stereocenters. The average Bonchev–Trinajstić information content (AvgIpc) is 3.65. The number of aldehydes is 2. The normalized spacial score (nSPS) is 15.5. The third-order valence-corrected chi connectivity index (χ3v) is 10.2. The van der Waals surface area contributed by atoms with Gasteiger partial charge >= 0.3 is 0 Å². The lowest BCUT2D eigenvalue weighted by Gasteiger charge is -2.49. The standard InChI is InChI=1S/C22H27NO3.C20H33N3O3/c1-23-16-22(17-23,19-8-3-2-4-9-19)20-15-18(10-11-21(20)25)7-5-13-26-14-6-12-24;1-21-19-18(25)8-7-17(20(19)26-14-13-24)9-10-22-11-12-23(2)15-16-5-3-4-6-16/h2-4,8-12,15,25H,5-7,13-14,16-17H2,1H3;7-8,13,16,21-22,25H,3-6,9-12,14-15H2,1-2H3. The minimum absolute atomic E-state index is 0.0233. The first-order valence-corrected chi connectivity index (χ1v) is 18.9. The number of benzene rings is 3. The summed E-state index contributed by atoms with van der Waals surface area (Å²) >= 11 is 0. The van der Waals surface area contributed by atoms with Crippen LogP contribution in [-0.4, -0.2) is 113 Å². The smallest absolute Gasteiger partial charge is 0.157 e. The fourth-order valence-electron chi connectivity index (χ4n) is 7.55. The van der Waals surface area contributed by atoms with Crippen molar-refractivity contribution in [1.82, 2.24) is 15.1 Å². The molecule has 1 aliphatic carbocycles. The minimum Gasteiger partial charge on any atom is -0.508 e. The number of ether oxygens (including phenoxy) is 2. The van der Waals surface area contributed by atoms with Gasteiger partial charge in [-0.15, -0.1) is 0 Å². The lowest BCUT2D eigenvalue weighted by molar-refractivity contribution is -0.110. The van der Waals surface area contributed by atoms with Crippen LogP contribution in [0.1, 0.15) is 60.8 Å². The van der Waals surface area contributed by atoms with Crippen molar-refractivity contribution in [1.29, 1.82) is 0 Å². The zero-order valence-electron chi connectivity index (χ0n) is 31.4. The van der Waals surface area contributed by atoms with Crippen LogP contribution in [0.2, 0.25) is 0 Å². The second-order valence-corrected chi connectivity index (χ2v) is 14.2. The van der Waals surface area contributed by atoms with Gasteiger partial charge in [0.1, 0.15) is 35.8 Å². The van der Waals surface area contributed by atoms with Crippen molar-refractivity contribution in [3.05, 3.63) is 82.9 Å². The number of hydrogen-bond acceptors (Lipinski definition) is 10. The summed E-state index contributed by atoms with van der Waals surface area (Å²) in [6.45, 7) is 6.95. The Labute approximate surface area is 310 Å². The molecule has 1 saturated carbocycles. The van der Waals surface area contributed by atoms with Gasteiger partial charge in [-0.1, -0.05) is 61.4 Å². The number of carbonyl (C=O) groups is 2. The Kier molecular flexibility index (Phi) is 16.9. The van der Waals surface area contributed by atoms with Crippen LogP contribution in [0.5, 0.6) is 17.2 Å². The number of nitrogens with one attached hydrogen (secondary N) is 2. The summed E-state index contributed by atoms with van der Waals surface area (Å²) in [5, 5.41) is 26.9. The summed E-state index contributed by atoms with van der Waals surface area (Å²) < 4.78 is 11.0. The second kappa shape index (κ2) is 21.5. The molecule has 0 aromatic heterocycles. The van der Waals surface area contributed by atoms with Crippen molar-refractivity contribution in [3.63, 3.8) is 0 Å². The first-order valence-electron chi connectivity index (χ1n) is 18.9. The third kappa shape index (κ3) is 11.8. The van der Waals surface area contributed by atoms with E-state index in [-0.39, 0.29) is 17.8 Å². The first-order chi connectivity index (χ1) is 25.3. The molecular weight excluding hydrogens is 656 g/mol. The zero-order valence-corrected chi connectivity index (χ0v) is 31.4. The molecule has 10 heteroatoms. The van der Waals surface area contributed by atoms with Gasteiger partial charge in [0.25, 0.3) is 0 Å². The molecule has 0 bridgehead atoms. The summed E-state index contributed by atoms with van der Waals surface area (Å²) in [6, 6.07) is 19.9. The molecule has 0 radical (unpaired) electrons. The summed E-state index contributed by atoms with van der Waals surface area (Å²) in [4.78, 5) is 25.6. The van der Waals surface area contributed by atoms with Crippen LogP contribution in [0.25, 0.3) is 0 Å². The molecule has 284 valence electrons. The Morgan fingerprint density at radius 2 is 1.69 bits per heavy atom. The molecular formula is C42H60N4O6. The van der Waals surface area contributed by atoms with E-state index in [1.165, 1.54) is 43.4 Å². The van der Waals surface area contributed by atoms with Gasteiger partial charge in [-0.05, 0) is 87.5 Å². The van der Waals surface area contributed by atoms with E-state index >= 15 is 0 Å². The fourth-order valence-corrected chi connectivity index (χ4v) is 7.55. The van der Waals surface area contributed by atoms with Gasteiger partial charge in [0, 0.05) is 63.8 Å². The van der Waals surface area contributed by atoms with E-state index in [4.69, 9.17) is 9.47 Å². The van der Waals surface area contributed by atoms with Gasteiger partial charge in [-0.3, -0.25) is 4.79 Å². The molecule has 1 heterocycles. The summed E-state index contributed by atoms with van der Waals surface area (Å²) in [5.41, 5.74) is 4.84. The van der Waals surface area contributed by atoms with E-state index in [2.05, 4.69) is 64.9 Å². The van der Waals surface area contributed by atoms with Crippen LogP contribution < -0.4 is 15.4 Å². The Bertz CT molecular complexity index is 1510. The van der Waals surface area contributed by atoms with Crippen LogP contribution in [-0.2, 0) is 32.6 Å². The highest BCUT2D eigenvalue weighted by atomic mass is 16.5. The molecule has 0 amide bonds. The molecule has 2 aliphatic rings. The quantitative estimate of drug-likeness (QED) is 0.0645. The maximum Gasteiger partial charge on any atom is 0.157 e. The van der Waals surface area contributed by atoms with Crippen LogP contribution in [0.4, 0.5) is 5.69 Å². The summed E-state index contributed by atoms with van der Waals surface area (Å²) in [7, 11) is 6.04. The van der Waals surface area contributed by atoms with E-state index < -0.39 is 0 Å². The van der Waals surface area contributed by atoms with Crippen LogP contribution in [0.3, 0.4) is 0 Å². The van der Waals surface area contributed by atoms with Gasteiger partial charge in [0.05, 0.1) is 6.61 Å².